The van der Waals surface area contributed by atoms with E-state index in [4.69, 9.17) is 4.98 Å². The van der Waals surface area contributed by atoms with Gasteiger partial charge in [-0.2, -0.15) is 0 Å². The second kappa shape index (κ2) is 6.12. The van der Waals surface area contributed by atoms with E-state index in [2.05, 4.69) is 12.2 Å². The number of benzene rings is 1. The standard InChI is InChI=1S/C16H20FN3S/c1-3-18-10-14-15(11-8-9-11)19-16(21-14)20(2)13-7-5-4-6-12(13)17/h4-7,11,18H,3,8-10H2,1-2H3. The van der Waals surface area contributed by atoms with Gasteiger partial charge in [0.1, 0.15) is 5.82 Å². The van der Waals surface area contributed by atoms with Crippen molar-refractivity contribution in [2.45, 2.75) is 32.2 Å². The van der Waals surface area contributed by atoms with Crippen molar-refractivity contribution in [3.05, 3.63) is 40.7 Å². The first-order valence-electron chi connectivity index (χ1n) is 7.39. The maximum absolute atomic E-state index is 13.9. The number of aromatic nitrogens is 1. The van der Waals surface area contributed by atoms with E-state index in [1.165, 1.54) is 29.5 Å². The lowest BCUT2D eigenvalue weighted by molar-refractivity contribution is 0.627. The first kappa shape index (κ1) is 14.5. The highest BCUT2D eigenvalue weighted by Crippen LogP contribution is 2.44. The normalized spacial score (nSPS) is 14.4. The van der Waals surface area contributed by atoms with Gasteiger partial charge in [-0.1, -0.05) is 30.4 Å². The van der Waals surface area contributed by atoms with E-state index in [1.54, 1.807) is 23.5 Å². The van der Waals surface area contributed by atoms with Gasteiger partial charge in [0.15, 0.2) is 5.13 Å². The fourth-order valence-corrected chi connectivity index (χ4v) is 3.45. The molecule has 21 heavy (non-hydrogen) atoms. The smallest absolute Gasteiger partial charge is 0.190 e. The summed E-state index contributed by atoms with van der Waals surface area (Å²) in [5.74, 6) is 0.397. The SMILES string of the molecule is CCNCc1sc(N(C)c2ccccc2F)nc1C1CC1. The Kier molecular flexibility index (Phi) is 4.22. The Morgan fingerprint density at radius 2 is 2.14 bits per heavy atom. The molecule has 1 fully saturated rings. The summed E-state index contributed by atoms with van der Waals surface area (Å²) in [6.07, 6.45) is 2.46. The maximum Gasteiger partial charge on any atom is 0.190 e. The second-order valence-corrected chi connectivity index (χ2v) is 6.43. The van der Waals surface area contributed by atoms with Gasteiger partial charge in [-0.3, -0.25) is 0 Å². The van der Waals surface area contributed by atoms with Gasteiger partial charge in [0, 0.05) is 24.4 Å². The number of nitrogens with zero attached hydrogens (tertiary/aromatic N) is 2. The monoisotopic (exact) mass is 305 g/mol. The summed E-state index contributed by atoms with van der Waals surface area (Å²) in [6, 6.07) is 6.84. The number of hydrogen-bond acceptors (Lipinski definition) is 4. The van der Waals surface area contributed by atoms with Gasteiger partial charge < -0.3 is 10.2 Å². The van der Waals surface area contributed by atoms with Gasteiger partial charge in [0.25, 0.3) is 0 Å². The summed E-state index contributed by atoms with van der Waals surface area (Å²) in [5, 5.41) is 4.24. The largest absolute Gasteiger partial charge is 0.318 e. The Bertz CT molecular complexity index is 622. The van der Waals surface area contributed by atoms with E-state index in [9.17, 15) is 4.39 Å². The van der Waals surface area contributed by atoms with Crippen molar-refractivity contribution in [2.24, 2.45) is 0 Å². The number of anilines is 2. The van der Waals surface area contributed by atoms with Crippen LogP contribution in [-0.2, 0) is 6.54 Å². The Labute approximate surface area is 128 Å². The van der Waals surface area contributed by atoms with Gasteiger partial charge in [-0.05, 0) is 31.5 Å². The molecule has 0 spiro atoms. The van der Waals surface area contributed by atoms with E-state index in [0.29, 0.717) is 11.6 Å². The van der Waals surface area contributed by atoms with E-state index in [-0.39, 0.29) is 5.82 Å². The topological polar surface area (TPSA) is 28.2 Å². The minimum absolute atomic E-state index is 0.212. The van der Waals surface area contributed by atoms with E-state index >= 15 is 0 Å². The molecule has 3 rings (SSSR count). The third-order valence-electron chi connectivity index (χ3n) is 3.72. The number of hydrogen-bond donors (Lipinski definition) is 1. The third kappa shape index (κ3) is 3.09. The highest BCUT2D eigenvalue weighted by atomic mass is 32.1. The molecule has 0 unspecified atom stereocenters. The van der Waals surface area contributed by atoms with Crippen molar-refractivity contribution in [2.75, 3.05) is 18.5 Å². The van der Waals surface area contributed by atoms with Gasteiger partial charge in [-0.25, -0.2) is 9.37 Å². The van der Waals surface area contributed by atoms with Crippen LogP contribution in [0.2, 0.25) is 0 Å². The molecule has 3 nitrogen and oxygen atoms in total. The van der Waals surface area contributed by atoms with Crippen LogP contribution in [-0.4, -0.2) is 18.6 Å². The molecule has 1 aliphatic carbocycles. The van der Waals surface area contributed by atoms with Crippen LogP contribution in [0.5, 0.6) is 0 Å². The number of thiazole rings is 1. The highest BCUT2D eigenvalue weighted by Gasteiger charge is 2.30. The minimum Gasteiger partial charge on any atom is -0.318 e. The van der Waals surface area contributed by atoms with Crippen molar-refractivity contribution < 1.29 is 4.39 Å². The van der Waals surface area contributed by atoms with Crippen LogP contribution in [0.25, 0.3) is 0 Å². The molecule has 1 heterocycles. The predicted molar refractivity (Wildman–Crippen MR) is 85.9 cm³/mol. The van der Waals surface area contributed by atoms with Crippen molar-refractivity contribution >= 4 is 22.2 Å². The molecule has 1 aromatic heterocycles. The number of nitrogens with one attached hydrogen (secondary N) is 1. The maximum atomic E-state index is 13.9. The fraction of sp³-hybridized carbons (Fsp3) is 0.438. The molecule has 0 atom stereocenters. The Morgan fingerprint density at radius 1 is 1.38 bits per heavy atom. The average molecular weight is 305 g/mol. The Balaban J connectivity index is 1.89. The Hall–Kier alpha value is -1.46. The van der Waals surface area contributed by atoms with Crippen LogP contribution in [0.1, 0.15) is 36.3 Å². The van der Waals surface area contributed by atoms with Gasteiger partial charge >= 0.3 is 0 Å². The fourth-order valence-electron chi connectivity index (χ4n) is 2.36. The second-order valence-electron chi connectivity index (χ2n) is 5.37. The first-order valence-corrected chi connectivity index (χ1v) is 8.21. The van der Waals surface area contributed by atoms with Crippen LogP contribution in [0.4, 0.5) is 15.2 Å². The average Bonchev–Trinajstić information content (AvgIpc) is 3.25. The van der Waals surface area contributed by atoms with Gasteiger partial charge in [-0.15, -0.1) is 0 Å². The lowest BCUT2D eigenvalue weighted by Gasteiger charge is -2.16. The quantitative estimate of drug-likeness (QED) is 0.873. The molecule has 0 amide bonds. The molecule has 0 aliphatic heterocycles. The summed E-state index contributed by atoms with van der Waals surface area (Å²) < 4.78 is 13.9. The van der Waals surface area contributed by atoms with Crippen molar-refractivity contribution in [3.63, 3.8) is 0 Å². The third-order valence-corrected chi connectivity index (χ3v) is 4.86. The molecule has 0 radical (unpaired) electrons. The first-order chi connectivity index (χ1) is 10.2. The zero-order valence-corrected chi connectivity index (χ0v) is 13.2. The van der Waals surface area contributed by atoms with E-state index < -0.39 is 0 Å². The summed E-state index contributed by atoms with van der Waals surface area (Å²) in [4.78, 5) is 7.92. The number of para-hydroxylation sites is 1. The molecular formula is C16H20FN3S. The van der Waals surface area contributed by atoms with Crippen molar-refractivity contribution in [1.29, 1.82) is 0 Å². The molecule has 1 N–H and O–H groups in total. The zero-order chi connectivity index (χ0) is 14.8. The molecule has 2 aromatic rings. The highest BCUT2D eigenvalue weighted by molar-refractivity contribution is 7.15. The van der Waals surface area contributed by atoms with Gasteiger partial charge in [0.2, 0.25) is 0 Å². The molecule has 0 saturated heterocycles. The van der Waals surface area contributed by atoms with Crippen molar-refractivity contribution in [3.8, 4) is 0 Å². The van der Waals surface area contributed by atoms with Crippen LogP contribution in [0.15, 0.2) is 24.3 Å². The van der Waals surface area contributed by atoms with Crippen LogP contribution in [0, 0.1) is 5.82 Å². The molecule has 112 valence electrons. The van der Waals surface area contributed by atoms with Crippen LogP contribution < -0.4 is 10.2 Å². The van der Waals surface area contributed by atoms with Crippen LogP contribution in [0.3, 0.4) is 0 Å². The van der Waals surface area contributed by atoms with Gasteiger partial charge in [0.05, 0.1) is 11.4 Å². The molecule has 1 saturated carbocycles. The minimum atomic E-state index is -0.212. The summed E-state index contributed by atoms with van der Waals surface area (Å²) >= 11 is 1.67. The van der Waals surface area contributed by atoms with Crippen molar-refractivity contribution in [1.82, 2.24) is 10.3 Å². The Morgan fingerprint density at radius 3 is 2.81 bits per heavy atom. The van der Waals surface area contributed by atoms with E-state index in [0.717, 1.165) is 18.2 Å². The predicted octanol–water partition coefficient (Wildman–Crippen LogP) is 4.04. The molecular weight excluding hydrogens is 285 g/mol. The summed E-state index contributed by atoms with van der Waals surface area (Å²) in [5.41, 5.74) is 1.78. The molecule has 1 aliphatic rings. The van der Waals surface area contributed by atoms with E-state index in [1.807, 2.05) is 18.0 Å². The van der Waals surface area contributed by atoms with Crippen LogP contribution >= 0.6 is 11.3 Å². The lowest BCUT2D eigenvalue weighted by Crippen LogP contribution is -2.11. The molecule has 1 aromatic carbocycles. The number of halogens is 1. The number of rotatable bonds is 6. The lowest BCUT2D eigenvalue weighted by atomic mass is 10.2. The molecule has 0 bridgehead atoms. The molecule has 5 heteroatoms. The zero-order valence-electron chi connectivity index (χ0n) is 12.4. The summed E-state index contributed by atoms with van der Waals surface area (Å²) in [6.45, 7) is 3.90. The summed E-state index contributed by atoms with van der Waals surface area (Å²) in [7, 11) is 1.88.